The first-order chi connectivity index (χ1) is 5.77. The summed E-state index contributed by atoms with van der Waals surface area (Å²) in [7, 11) is 0. The Morgan fingerprint density at radius 2 is 2.33 bits per heavy atom. The number of nitrogens with zero attached hydrogens (tertiary/aromatic N) is 1. The van der Waals surface area contributed by atoms with Crippen molar-refractivity contribution in [3.05, 3.63) is 0 Å². The minimum Gasteiger partial charge on any atom is -0.393 e. The van der Waals surface area contributed by atoms with E-state index in [1.807, 2.05) is 0 Å². The van der Waals surface area contributed by atoms with Crippen LogP contribution in [0.25, 0.3) is 0 Å². The van der Waals surface area contributed by atoms with Gasteiger partial charge in [0, 0.05) is 19.6 Å². The van der Waals surface area contributed by atoms with Crippen LogP contribution in [-0.4, -0.2) is 42.4 Å². The first-order valence-corrected chi connectivity index (χ1v) is 4.74. The fraction of sp³-hybridized carbons (Fsp3) is 1.00. The molecular weight excluding hydrogens is 157 g/mol. The molecule has 0 amide bonds. The summed E-state index contributed by atoms with van der Waals surface area (Å²) in [4.78, 5) is 2.10. The van der Waals surface area contributed by atoms with E-state index >= 15 is 0 Å². The van der Waals surface area contributed by atoms with Gasteiger partial charge in [-0.15, -0.1) is 0 Å². The molecule has 1 fully saturated rings. The summed E-state index contributed by atoms with van der Waals surface area (Å²) in [5.41, 5.74) is 0. The molecule has 2 nitrogen and oxygen atoms in total. The molecule has 1 aliphatic heterocycles. The molecule has 2 atom stereocenters. The predicted octanol–water partition coefficient (Wildman–Crippen LogP) is 1.05. The summed E-state index contributed by atoms with van der Waals surface area (Å²) in [6.07, 6.45) is 1.63. The molecule has 3 heteroatoms. The zero-order chi connectivity index (χ0) is 8.97. The van der Waals surface area contributed by atoms with Crippen molar-refractivity contribution in [2.45, 2.75) is 25.9 Å². The zero-order valence-electron chi connectivity index (χ0n) is 7.67. The van der Waals surface area contributed by atoms with Crippen LogP contribution in [0.5, 0.6) is 0 Å². The van der Waals surface area contributed by atoms with Gasteiger partial charge in [0.2, 0.25) is 0 Å². The van der Waals surface area contributed by atoms with E-state index in [0.717, 1.165) is 25.9 Å². The summed E-state index contributed by atoms with van der Waals surface area (Å²) in [5.74, 6) is 0.352. The molecule has 0 aliphatic carbocycles. The number of aliphatic hydroxyl groups excluding tert-OH is 1. The van der Waals surface area contributed by atoms with Crippen molar-refractivity contribution >= 4 is 0 Å². The Morgan fingerprint density at radius 1 is 1.58 bits per heavy atom. The van der Waals surface area contributed by atoms with Crippen molar-refractivity contribution < 1.29 is 9.50 Å². The van der Waals surface area contributed by atoms with Gasteiger partial charge in [-0.25, -0.2) is 4.39 Å². The van der Waals surface area contributed by atoms with Crippen molar-refractivity contribution in [2.24, 2.45) is 5.92 Å². The van der Waals surface area contributed by atoms with Gasteiger partial charge in [-0.2, -0.15) is 0 Å². The van der Waals surface area contributed by atoms with Crippen LogP contribution < -0.4 is 0 Å². The Labute approximate surface area is 73.4 Å². The fourth-order valence-electron chi connectivity index (χ4n) is 1.82. The monoisotopic (exact) mass is 175 g/mol. The van der Waals surface area contributed by atoms with Crippen molar-refractivity contribution in [2.75, 3.05) is 26.3 Å². The van der Waals surface area contributed by atoms with E-state index in [9.17, 15) is 9.50 Å². The SMILES string of the molecule is CCC1CN(CCF)CCC1O. The Kier molecular flexibility index (Phi) is 3.95. The van der Waals surface area contributed by atoms with Crippen LogP contribution in [-0.2, 0) is 0 Å². The fourth-order valence-corrected chi connectivity index (χ4v) is 1.82. The maximum Gasteiger partial charge on any atom is 0.102 e. The van der Waals surface area contributed by atoms with E-state index < -0.39 is 0 Å². The summed E-state index contributed by atoms with van der Waals surface area (Å²) < 4.78 is 12.0. The highest BCUT2D eigenvalue weighted by atomic mass is 19.1. The molecule has 0 spiro atoms. The summed E-state index contributed by atoms with van der Waals surface area (Å²) >= 11 is 0. The third-order valence-corrected chi connectivity index (χ3v) is 2.70. The highest BCUT2D eigenvalue weighted by molar-refractivity contribution is 4.78. The second-order valence-electron chi connectivity index (χ2n) is 3.51. The molecule has 0 aromatic heterocycles. The lowest BCUT2D eigenvalue weighted by Crippen LogP contribution is -2.43. The molecule has 1 aliphatic rings. The van der Waals surface area contributed by atoms with E-state index in [2.05, 4.69) is 11.8 Å². The molecule has 1 heterocycles. The number of halogens is 1. The minimum absolute atomic E-state index is 0.161. The normalized spacial score (nSPS) is 32.2. The molecule has 1 N–H and O–H groups in total. The van der Waals surface area contributed by atoms with Gasteiger partial charge in [0.1, 0.15) is 6.67 Å². The van der Waals surface area contributed by atoms with Gasteiger partial charge in [0.25, 0.3) is 0 Å². The number of rotatable bonds is 3. The second-order valence-corrected chi connectivity index (χ2v) is 3.51. The van der Waals surface area contributed by atoms with Gasteiger partial charge < -0.3 is 10.0 Å². The molecule has 1 rings (SSSR count). The molecule has 0 saturated carbocycles. The maximum atomic E-state index is 12.0. The number of piperidine rings is 1. The van der Waals surface area contributed by atoms with E-state index in [-0.39, 0.29) is 12.8 Å². The third kappa shape index (κ3) is 2.42. The van der Waals surface area contributed by atoms with Gasteiger partial charge in [-0.1, -0.05) is 6.92 Å². The average Bonchev–Trinajstić information content (AvgIpc) is 2.09. The van der Waals surface area contributed by atoms with Crippen molar-refractivity contribution in [1.82, 2.24) is 4.90 Å². The van der Waals surface area contributed by atoms with Crippen LogP contribution in [0.4, 0.5) is 4.39 Å². The van der Waals surface area contributed by atoms with Crippen LogP contribution >= 0.6 is 0 Å². The first kappa shape index (κ1) is 9.93. The lowest BCUT2D eigenvalue weighted by Gasteiger charge is -2.35. The van der Waals surface area contributed by atoms with E-state index in [0.29, 0.717) is 12.5 Å². The van der Waals surface area contributed by atoms with Crippen LogP contribution in [0.15, 0.2) is 0 Å². The van der Waals surface area contributed by atoms with Gasteiger partial charge in [-0.05, 0) is 18.8 Å². The Bertz CT molecular complexity index is 132. The smallest absolute Gasteiger partial charge is 0.102 e. The molecule has 0 aromatic rings. The first-order valence-electron chi connectivity index (χ1n) is 4.74. The third-order valence-electron chi connectivity index (χ3n) is 2.70. The van der Waals surface area contributed by atoms with Crippen molar-refractivity contribution in [1.29, 1.82) is 0 Å². The molecule has 1 saturated heterocycles. The summed E-state index contributed by atoms with van der Waals surface area (Å²) in [6, 6.07) is 0. The highest BCUT2D eigenvalue weighted by Crippen LogP contribution is 2.19. The van der Waals surface area contributed by atoms with Crippen LogP contribution in [0.2, 0.25) is 0 Å². The highest BCUT2D eigenvalue weighted by Gasteiger charge is 2.25. The topological polar surface area (TPSA) is 23.5 Å². The standard InChI is InChI=1S/C9H18FNO/c1-2-8-7-11(6-4-10)5-3-9(8)12/h8-9,12H,2-7H2,1H3. The van der Waals surface area contributed by atoms with Gasteiger partial charge in [0.15, 0.2) is 0 Å². The van der Waals surface area contributed by atoms with Crippen LogP contribution in [0.1, 0.15) is 19.8 Å². The lowest BCUT2D eigenvalue weighted by molar-refractivity contribution is 0.0233. The Balaban J connectivity index is 2.33. The quantitative estimate of drug-likeness (QED) is 0.693. The molecule has 0 bridgehead atoms. The maximum absolute atomic E-state index is 12.0. The van der Waals surface area contributed by atoms with Gasteiger partial charge in [-0.3, -0.25) is 0 Å². The van der Waals surface area contributed by atoms with Crippen LogP contribution in [0.3, 0.4) is 0 Å². The molecular formula is C9H18FNO. The zero-order valence-corrected chi connectivity index (χ0v) is 7.67. The second kappa shape index (κ2) is 4.77. The number of aliphatic hydroxyl groups is 1. The number of hydrogen-bond acceptors (Lipinski definition) is 2. The largest absolute Gasteiger partial charge is 0.393 e. The molecule has 12 heavy (non-hydrogen) atoms. The Hall–Kier alpha value is -0.150. The number of alkyl halides is 1. The average molecular weight is 175 g/mol. The van der Waals surface area contributed by atoms with E-state index in [1.54, 1.807) is 0 Å². The van der Waals surface area contributed by atoms with Crippen molar-refractivity contribution in [3.8, 4) is 0 Å². The summed E-state index contributed by atoms with van der Waals surface area (Å²) in [5, 5.41) is 9.53. The Morgan fingerprint density at radius 3 is 2.92 bits per heavy atom. The molecule has 72 valence electrons. The van der Waals surface area contributed by atoms with Crippen LogP contribution in [0, 0.1) is 5.92 Å². The minimum atomic E-state index is -0.271. The van der Waals surface area contributed by atoms with Crippen molar-refractivity contribution in [3.63, 3.8) is 0 Å². The lowest BCUT2D eigenvalue weighted by atomic mass is 9.92. The molecule has 0 radical (unpaired) electrons. The van der Waals surface area contributed by atoms with Gasteiger partial charge in [0.05, 0.1) is 6.10 Å². The van der Waals surface area contributed by atoms with E-state index in [1.165, 1.54) is 0 Å². The number of likely N-dealkylation sites (tertiary alicyclic amines) is 1. The van der Waals surface area contributed by atoms with E-state index in [4.69, 9.17) is 0 Å². The van der Waals surface area contributed by atoms with Gasteiger partial charge >= 0.3 is 0 Å². The molecule has 2 unspecified atom stereocenters. The molecule has 0 aromatic carbocycles. The number of hydrogen-bond donors (Lipinski definition) is 1. The predicted molar refractivity (Wildman–Crippen MR) is 46.8 cm³/mol. The summed E-state index contributed by atoms with van der Waals surface area (Å²) in [6.45, 7) is 4.05.